The molecule has 0 aliphatic carbocycles. The Labute approximate surface area is 152 Å². The molecular formula is C19H21FN2O3S. The van der Waals surface area contributed by atoms with Crippen molar-refractivity contribution in [3.63, 3.8) is 0 Å². The van der Waals surface area contributed by atoms with Gasteiger partial charge in [-0.15, -0.1) is 0 Å². The lowest BCUT2D eigenvalue weighted by Gasteiger charge is -2.20. The minimum atomic E-state index is -3.38. The SMILES string of the molecule is CCCCS(=O)(=O)N1CCc2ccc(NC(=O)c3ccccc3F)cc21. The third-order valence-corrected chi connectivity index (χ3v) is 6.26. The quantitative estimate of drug-likeness (QED) is 0.838. The molecule has 1 heterocycles. The van der Waals surface area contributed by atoms with Gasteiger partial charge in [-0.3, -0.25) is 9.10 Å². The van der Waals surface area contributed by atoms with Crippen LogP contribution in [-0.2, 0) is 16.4 Å². The van der Waals surface area contributed by atoms with Crippen LogP contribution in [0.25, 0.3) is 0 Å². The van der Waals surface area contributed by atoms with Gasteiger partial charge in [0.2, 0.25) is 10.0 Å². The maximum Gasteiger partial charge on any atom is 0.258 e. The Kier molecular flexibility index (Phi) is 5.27. The Morgan fingerprint density at radius 3 is 2.73 bits per heavy atom. The van der Waals surface area contributed by atoms with Gasteiger partial charge in [0.05, 0.1) is 17.0 Å². The topological polar surface area (TPSA) is 66.5 Å². The normalized spacial score (nSPS) is 13.5. The van der Waals surface area contributed by atoms with Gasteiger partial charge in [0.1, 0.15) is 5.82 Å². The predicted octanol–water partition coefficient (Wildman–Crippen LogP) is 3.57. The first-order chi connectivity index (χ1) is 12.4. The molecule has 138 valence electrons. The van der Waals surface area contributed by atoms with Crippen LogP contribution in [0.15, 0.2) is 42.5 Å². The van der Waals surface area contributed by atoms with Crippen LogP contribution in [0.1, 0.15) is 35.7 Å². The van der Waals surface area contributed by atoms with Crippen molar-refractivity contribution in [2.24, 2.45) is 0 Å². The second kappa shape index (κ2) is 7.45. The van der Waals surface area contributed by atoms with Crippen LogP contribution in [0.5, 0.6) is 0 Å². The second-order valence-corrected chi connectivity index (χ2v) is 8.28. The van der Waals surface area contributed by atoms with Crippen molar-refractivity contribution in [3.8, 4) is 0 Å². The number of rotatable bonds is 6. The van der Waals surface area contributed by atoms with Crippen molar-refractivity contribution in [1.82, 2.24) is 0 Å². The average Bonchev–Trinajstić information content (AvgIpc) is 3.04. The van der Waals surface area contributed by atoms with Crippen molar-refractivity contribution < 1.29 is 17.6 Å². The summed E-state index contributed by atoms with van der Waals surface area (Å²) in [7, 11) is -3.38. The second-order valence-electron chi connectivity index (χ2n) is 6.27. The van der Waals surface area contributed by atoms with E-state index in [0.29, 0.717) is 30.8 Å². The van der Waals surface area contributed by atoms with Crippen molar-refractivity contribution in [2.45, 2.75) is 26.2 Å². The number of hydrogen-bond donors (Lipinski definition) is 1. The molecule has 0 spiro atoms. The summed E-state index contributed by atoms with van der Waals surface area (Å²) < 4.78 is 40.3. The van der Waals surface area contributed by atoms with E-state index < -0.39 is 21.7 Å². The minimum absolute atomic E-state index is 0.0552. The number of benzene rings is 2. The van der Waals surface area contributed by atoms with Crippen LogP contribution in [0, 0.1) is 5.82 Å². The fraction of sp³-hybridized carbons (Fsp3) is 0.316. The molecule has 26 heavy (non-hydrogen) atoms. The smallest absolute Gasteiger partial charge is 0.258 e. The van der Waals surface area contributed by atoms with Gasteiger partial charge in [0, 0.05) is 12.2 Å². The Morgan fingerprint density at radius 1 is 1.23 bits per heavy atom. The van der Waals surface area contributed by atoms with E-state index >= 15 is 0 Å². The number of carbonyl (C=O) groups excluding carboxylic acids is 1. The molecule has 0 atom stereocenters. The molecule has 5 nitrogen and oxygen atoms in total. The molecule has 0 saturated heterocycles. The molecule has 1 aliphatic rings. The summed E-state index contributed by atoms with van der Waals surface area (Å²) in [5, 5.41) is 2.64. The number of halogens is 1. The lowest BCUT2D eigenvalue weighted by Crippen LogP contribution is -2.31. The number of sulfonamides is 1. The summed E-state index contributed by atoms with van der Waals surface area (Å²) in [6.45, 7) is 2.36. The molecular weight excluding hydrogens is 355 g/mol. The maximum atomic E-state index is 13.8. The van der Waals surface area contributed by atoms with Gasteiger partial charge in [-0.05, 0) is 42.7 Å². The first-order valence-corrected chi connectivity index (χ1v) is 10.2. The lowest BCUT2D eigenvalue weighted by atomic mass is 10.1. The van der Waals surface area contributed by atoms with Crippen molar-refractivity contribution in [3.05, 3.63) is 59.4 Å². The highest BCUT2D eigenvalue weighted by atomic mass is 32.2. The summed E-state index contributed by atoms with van der Waals surface area (Å²) in [6, 6.07) is 10.9. The fourth-order valence-electron chi connectivity index (χ4n) is 3.00. The van der Waals surface area contributed by atoms with Gasteiger partial charge in [0.25, 0.3) is 5.91 Å². The Bertz CT molecular complexity index is 928. The summed E-state index contributed by atoms with van der Waals surface area (Å²) >= 11 is 0. The number of unbranched alkanes of at least 4 members (excludes halogenated alkanes) is 1. The Balaban J connectivity index is 1.84. The number of hydrogen-bond acceptors (Lipinski definition) is 3. The van der Waals surface area contributed by atoms with E-state index in [0.717, 1.165) is 12.0 Å². The maximum absolute atomic E-state index is 13.8. The Hall–Kier alpha value is -2.41. The number of carbonyl (C=O) groups is 1. The van der Waals surface area contributed by atoms with Gasteiger partial charge in [-0.1, -0.05) is 31.5 Å². The van der Waals surface area contributed by atoms with Gasteiger partial charge in [0.15, 0.2) is 0 Å². The first kappa shape index (κ1) is 18.4. The van der Waals surface area contributed by atoms with E-state index in [2.05, 4.69) is 5.32 Å². The largest absolute Gasteiger partial charge is 0.322 e. The van der Waals surface area contributed by atoms with Gasteiger partial charge >= 0.3 is 0 Å². The fourth-order valence-corrected chi connectivity index (χ4v) is 4.71. The minimum Gasteiger partial charge on any atom is -0.322 e. The van der Waals surface area contributed by atoms with E-state index in [9.17, 15) is 17.6 Å². The highest BCUT2D eigenvalue weighted by Gasteiger charge is 2.29. The van der Waals surface area contributed by atoms with Crippen LogP contribution in [-0.4, -0.2) is 26.6 Å². The van der Waals surface area contributed by atoms with Crippen LogP contribution >= 0.6 is 0 Å². The molecule has 0 saturated carbocycles. The molecule has 0 fully saturated rings. The molecule has 0 aromatic heterocycles. The number of nitrogens with zero attached hydrogens (tertiary/aromatic N) is 1. The predicted molar refractivity (Wildman–Crippen MR) is 101 cm³/mol. The van der Waals surface area contributed by atoms with Crippen molar-refractivity contribution in [1.29, 1.82) is 0 Å². The highest BCUT2D eigenvalue weighted by molar-refractivity contribution is 7.92. The number of fused-ring (bicyclic) bond motifs is 1. The van der Waals surface area contributed by atoms with Crippen LogP contribution in [0.4, 0.5) is 15.8 Å². The highest BCUT2D eigenvalue weighted by Crippen LogP contribution is 2.33. The molecule has 2 aromatic rings. The van der Waals surface area contributed by atoms with Crippen LogP contribution < -0.4 is 9.62 Å². The molecule has 0 radical (unpaired) electrons. The van der Waals surface area contributed by atoms with Crippen LogP contribution in [0.3, 0.4) is 0 Å². The number of amides is 1. The van der Waals surface area contributed by atoms with E-state index in [1.54, 1.807) is 18.2 Å². The molecule has 0 unspecified atom stereocenters. The van der Waals surface area contributed by atoms with E-state index in [-0.39, 0.29) is 11.3 Å². The van der Waals surface area contributed by atoms with Gasteiger partial charge in [-0.2, -0.15) is 0 Å². The van der Waals surface area contributed by atoms with E-state index in [1.807, 2.05) is 13.0 Å². The molecule has 2 aromatic carbocycles. The molecule has 3 rings (SSSR count). The third-order valence-electron chi connectivity index (χ3n) is 4.41. The van der Waals surface area contributed by atoms with Crippen LogP contribution in [0.2, 0.25) is 0 Å². The van der Waals surface area contributed by atoms with Gasteiger partial charge < -0.3 is 5.32 Å². The number of nitrogens with one attached hydrogen (secondary N) is 1. The molecule has 0 bridgehead atoms. The van der Waals surface area contributed by atoms with E-state index in [4.69, 9.17) is 0 Å². The zero-order valence-electron chi connectivity index (χ0n) is 14.5. The summed E-state index contributed by atoms with van der Waals surface area (Å²) in [5.74, 6) is -1.06. The lowest BCUT2D eigenvalue weighted by molar-refractivity contribution is 0.102. The van der Waals surface area contributed by atoms with Gasteiger partial charge in [-0.25, -0.2) is 12.8 Å². The standard InChI is InChI=1S/C19H21FN2O3S/c1-2-3-12-26(24,25)22-11-10-14-8-9-15(13-18(14)22)21-19(23)16-6-4-5-7-17(16)20/h4-9,13H,2-3,10-12H2,1H3,(H,21,23). The summed E-state index contributed by atoms with van der Waals surface area (Å²) in [4.78, 5) is 12.3. The zero-order valence-corrected chi connectivity index (χ0v) is 15.4. The zero-order chi connectivity index (χ0) is 18.7. The molecule has 1 N–H and O–H groups in total. The Morgan fingerprint density at radius 2 is 2.00 bits per heavy atom. The van der Waals surface area contributed by atoms with E-state index in [1.165, 1.54) is 22.5 Å². The summed E-state index contributed by atoms with van der Waals surface area (Å²) in [5.41, 5.74) is 1.90. The first-order valence-electron chi connectivity index (χ1n) is 8.61. The van der Waals surface area contributed by atoms with Crippen molar-refractivity contribution in [2.75, 3.05) is 21.9 Å². The molecule has 1 aliphatic heterocycles. The molecule has 7 heteroatoms. The monoisotopic (exact) mass is 376 g/mol. The summed E-state index contributed by atoms with van der Waals surface area (Å²) in [6.07, 6.45) is 2.05. The number of anilines is 2. The van der Waals surface area contributed by atoms with Crippen molar-refractivity contribution >= 4 is 27.3 Å². The average molecular weight is 376 g/mol. The third kappa shape index (κ3) is 3.72. The molecule has 1 amide bonds.